The summed E-state index contributed by atoms with van der Waals surface area (Å²) >= 11 is 5.94. The van der Waals surface area contributed by atoms with Gasteiger partial charge in [-0.2, -0.15) is 0 Å². The molecule has 0 bridgehead atoms. The zero-order valence-electron chi connectivity index (χ0n) is 12.5. The Kier molecular flexibility index (Phi) is 4.39. The molecule has 0 saturated carbocycles. The third kappa shape index (κ3) is 3.10. The van der Waals surface area contributed by atoms with Gasteiger partial charge in [0.15, 0.2) is 18.1 Å². The minimum Gasteiger partial charge on any atom is -0.490 e. The van der Waals surface area contributed by atoms with Gasteiger partial charge >= 0.3 is 0 Å². The Hall–Kier alpha value is -2.27. The fourth-order valence-electron chi connectivity index (χ4n) is 2.50. The minimum atomic E-state index is -0.507. The van der Waals surface area contributed by atoms with E-state index in [2.05, 4.69) is 0 Å². The fourth-order valence-corrected chi connectivity index (χ4v) is 2.67. The summed E-state index contributed by atoms with van der Waals surface area (Å²) < 4.78 is 25.2. The predicted molar refractivity (Wildman–Crippen MR) is 85.7 cm³/mol. The number of anilines is 1. The number of hydrogen-bond donors (Lipinski definition) is 0. The van der Waals surface area contributed by atoms with Gasteiger partial charge in [0, 0.05) is 10.6 Å². The van der Waals surface area contributed by atoms with Gasteiger partial charge in [-0.15, -0.1) is 0 Å². The molecular formula is C17H15ClFNO3. The number of para-hydroxylation sites is 1. The topological polar surface area (TPSA) is 38.8 Å². The van der Waals surface area contributed by atoms with Crippen molar-refractivity contribution in [1.29, 1.82) is 0 Å². The third-order valence-corrected chi connectivity index (χ3v) is 3.76. The van der Waals surface area contributed by atoms with Gasteiger partial charge in [0.05, 0.1) is 18.8 Å². The molecule has 0 saturated heterocycles. The Morgan fingerprint density at radius 2 is 2.17 bits per heavy atom. The SMILES string of the molecule is CCOc1cccc2c1OCC(=O)N(c1cc(Cl)ccc1F)C2. The number of carbonyl (C=O) groups excluding carboxylic acids is 1. The van der Waals surface area contributed by atoms with Crippen molar-refractivity contribution in [2.75, 3.05) is 18.1 Å². The molecule has 2 aromatic rings. The Morgan fingerprint density at radius 1 is 1.35 bits per heavy atom. The largest absolute Gasteiger partial charge is 0.490 e. The summed E-state index contributed by atoms with van der Waals surface area (Å²) in [4.78, 5) is 13.7. The normalized spacial score (nSPS) is 14.0. The van der Waals surface area contributed by atoms with Crippen LogP contribution in [-0.2, 0) is 11.3 Å². The van der Waals surface area contributed by atoms with Crippen molar-refractivity contribution >= 4 is 23.2 Å². The van der Waals surface area contributed by atoms with E-state index in [0.29, 0.717) is 23.1 Å². The number of fused-ring (bicyclic) bond motifs is 1. The molecule has 1 heterocycles. The number of rotatable bonds is 3. The number of nitrogens with zero attached hydrogens (tertiary/aromatic N) is 1. The third-order valence-electron chi connectivity index (χ3n) is 3.53. The van der Waals surface area contributed by atoms with Crippen LogP contribution in [0.3, 0.4) is 0 Å². The standard InChI is InChI=1S/C17H15ClFNO3/c1-2-22-15-5-3-4-11-9-20(16(21)10-23-17(11)15)14-8-12(18)6-7-13(14)19/h3-8H,2,9-10H2,1H3. The van der Waals surface area contributed by atoms with Crippen molar-refractivity contribution in [3.63, 3.8) is 0 Å². The summed E-state index contributed by atoms with van der Waals surface area (Å²) in [5.74, 6) is 0.246. The smallest absolute Gasteiger partial charge is 0.265 e. The summed E-state index contributed by atoms with van der Waals surface area (Å²) in [5, 5.41) is 0.364. The van der Waals surface area contributed by atoms with Crippen LogP contribution in [0, 0.1) is 5.82 Å². The van der Waals surface area contributed by atoms with Crippen LogP contribution in [-0.4, -0.2) is 19.1 Å². The second kappa shape index (κ2) is 6.46. The van der Waals surface area contributed by atoms with Crippen molar-refractivity contribution in [3.8, 4) is 11.5 Å². The highest BCUT2D eigenvalue weighted by Crippen LogP contribution is 2.36. The van der Waals surface area contributed by atoms with Gasteiger partial charge in [-0.05, 0) is 31.2 Å². The van der Waals surface area contributed by atoms with Crippen LogP contribution in [0.15, 0.2) is 36.4 Å². The average Bonchev–Trinajstić information content (AvgIpc) is 2.70. The molecule has 120 valence electrons. The molecule has 6 heteroatoms. The summed E-state index contributed by atoms with van der Waals surface area (Å²) in [6.07, 6.45) is 0. The van der Waals surface area contributed by atoms with Gasteiger partial charge in [-0.1, -0.05) is 23.7 Å². The summed E-state index contributed by atoms with van der Waals surface area (Å²) in [6.45, 7) is 2.35. The maximum Gasteiger partial charge on any atom is 0.265 e. The van der Waals surface area contributed by atoms with Gasteiger partial charge in [0.2, 0.25) is 0 Å². The van der Waals surface area contributed by atoms with Crippen molar-refractivity contribution in [1.82, 2.24) is 0 Å². The van der Waals surface area contributed by atoms with Gasteiger partial charge in [0.25, 0.3) is 5.91 Å². The maximum absolute atomic E-state index is 14.1. The Bertz CT molecular complexity index is 751. The highest BCUT2D eigenvalue weighted by Gasteiger charge is 2.26. The highest BCUT2D eigenvalue weighted by molar-refractivity contribution is 6.30. The minimum absolute atomic E-state index is 0.140. The van der Waals surface area contributed by atoms with Gasteiger partial charge in [-0.25, -0.2) is 4.39 Å². The molecule has 0 unspecified atom stereocenters. The van der Waals surface area contributed by atoms with Crippen LogP contribution in [0.1, 0.15) is 12.5 Å². The first-order chi connectivity index (χ1) is 11.1. The van der Waals surface area contributed by atoms with Crippen molar-refractivity contribution in [3.05, 3.63) is 52.8 Å². The molecular weight excluding hydrogens is 321 g/mol. The monoisotopic (exact) mass is 335 g/mol. The Morgan fingerprint density at radius 3 is 2.96 bits per heavy atom. The number of carbonyl (C=O) groups is 1. The maximum atomic E-state index is 14.1. The number of halogens is 2. The zero-order valence-corrected chi connectivity index (χ0v) is 13.3. The van der Waals surface area contributed by atoms with E-state index in [4.69, 9.17) is 21.1 Å². The molecule has 0 radical (unpaired) electrons. The average molecular weight is 336 g/mol. The summed E-state index contributed by atoms with van der Waals surface area (Å²) in [6, 6.07) is 9.55. The zero-order chi connectivity index (χ0) is 16.4. The fraction of sp³-hybridized carbons (Fsp3) is 0.235. The molecule has 0 atom stereocenters. The Labute approximate surface area is 138 Å². The molecule has 0 aliphatic carbocycles. The lowest BCUT2D eigenvalue weighted by Crippen LogP contribution is -2.32. The number of hydrogen-bond acceptors (Lipinski definition) is 3. The van der Waals surface area contributed by atoms with Crippen molar-refractivity contribution in [2.45, 2.75) is 13.5 Å². The van der Waals surface area contributed by atoms with E-state index in [1.807, 2.05) is 19.1 Å². The van der Waals surface area contributed by atoms with E-state index in [1.54, 1.807) is 6.07 Å². The first-order valence-corrected chi connectivity index (χ1v) is 7.61. The first kappa shape index (κ1) is 15.6. The lowest BCUT2D eigenvalue weighted by Gasteiger charge is -2.21. The molecule has 3 rings (SSSR count). The summed E-state index contributed by atoms with van der Waals surface area (Å²) in [5.41, 5.74) is 0.891. The van der Waals surface area contributed by atoms with Crippen LogP contribution in [0.4, 0.5) is 10.1 Å². The molecule has 1 amide bonds. The van der Waals surface area contributed by atoms with Crippen LogP contribution < -0.4 is 14.4 Å². The molecule has 4 nitrogen and oxygen atoms in total. The van der Waals surface area contributed by atoms with E-state index in [-0.39, 0.29) is 24.7 Å². The molecule has 0 spiro atoms. The van der Waals surface area contributed by atoms with E-state index in [0.717, 1.165) is 5.56 Å². The van der Waals surface area contributed by atoms with Crippen LogP contribution in [0.2, 0.25) is 5.02 Å². The summed E-state index contributed by atoms with van der Waals surface area (Å²) in [7, 11) is 0. The predicted octanol–water partition coefficient (Wildman–Crippen LogP) is 3.80. The molecule has 0 fully saturated rings. The van der Waals surface area contributed by atoms with Gasteiger partial charge in [-0.3, -0.25) is 4.79 Å². The lowest BCUT2D eigenvalue weighted by molar-refractivity contribution is -0.120. The number of benzene rings is 2. The molecule has 0 N–H and O–H groups in total. The molecule has 1 aliphatic heterocycles. The molecule has 23 heavy (non-hydrogen) atoms. The quantitative estimate of drug-likeness (QED) is 0.856. The van der Waals surface area contributed by atoms with Crippen molar-refractivity contribution < 1.29 is 18.7 Å². The Balaban J connectivity index is 2.02. The van der Waals surface area contributed by atoms with Gasteiger partial charge in [0.1, 0.15) is 5.82 Å². The molecule has 2 aromatic carbocycles. The van der Waals surface area contributed by atoms with Crippen LogP contribution in [0.5, 0.6) is 11.5 Å². The van der Waals surface area contributed by atoms with Crippen LogP contribution in [0.25, 0.3) is 0 Å². The first-order valence-electron chi connectivity index (χ1n) is 7.23. The molecule has 0 aromatic heterocycles. The van der Waals surface area contributed by atoms with E-state index in [1.165, 1.54) is 23.1 Å². The number of ether oxygens (including phenoxy) is 2. The van der Waals surface area contributed by atoms with E-state index in [9.17, 15) is 9.18 Å². The van der Waals surface area contributed by atoms with Gasteiger partial charge < -0.3 is 14.4 Å². The van der Waals surface area contributed by atoms with Crippen molar-refractivity contribution in [2.24, 2.45) is 0 Å². The van der Waals surface area contributed by atoms with Crippen LogP contribution >= 0.6 is 11.6 Å². The highest BCUT2D eigenvalue weighted by atomic mass is 35.5. The lowest BCUT2D eigenvalue weighted by atomic mass is 10.1. The second-order valence-electron chi connectivity index (χ2n) is 5.04. The number of amides is 1. The van der Waals surface area contributed by atoms with E-state index < -0.39 is 5.82 Å². The second-order valence-corrected chi connectivity index (χ2v) is 5.48. The van der Waals surface area contributed by atoms with E-state index >= 15 is 0 Å². The molecule has 1 aliphatic rings.